The lowest BCUT2D eigenvalue weighted by molar-refractivity contribution is 0.0924. The Morgan fingerprint density at radius 1 is 1.03 bits per heavy atom. The molecule has 1 fully saturated rings. The largest absolute Gasteiger partial charge is 0.454 e. The Morgan fingerprint density at radius 3 is 2.41 bits per heavy atom. The Balaban J connectivity index is 1.48. The second-order valence-electron chi connectivity index (χ2n) is 8.25. The molecule has 1 N–H and O–H groups in total. The van der Waals surface area contributed by atoms with Crippen LogP contribution in [-0.2, 0) is 10.0 Å². The number of hydrogen-bond acceptors (Lipinski definition) is 6. The van der Waals surface area contributed by atoms with Gasteiger partial charge in [0.1, 0.15) is 0 Å². The van der Waals surface area contributed by atoms with Crippen LogP contribution in [0.4, 0.5) is 0 Å². The van der Waals surface area contributed by atoms with Crippen LogP contribution in [0.3, 0.4) is 0 Å². The summed E-state index contributed by atoms with van der Waals surface area (Å²) in [4.78, 5) is 15.4. The molecule has 1 saturated heterocycles. The number of fused-ring (bicyclic) bond motifs is 1. The van der Waals surface area contributed by atoms with E-state index in [1.807, 2.05) is 18.2 Å². The fourth-order valence-electron chi connectivity index (χ4n) is 4.09. The van der Waals surface area contributed by atoms with Crippen LogP contribution < -0.4 is 14.8 Å². The van der Waals surface area contributed by atoms with Crippen molar-refractivity contribution in [3.63, 3.8) is 0 Å². The van der Waals surface area contributed by atoms with E-state index in [1.54, 1.807) is 12.1 Å². The van der Waals surface area contributed by atoms with E-state index in [4.69, 9.17) is 9.47 Å². The van der Waals surface area contributed by atoms with Crippen molar-refractivity contribution >= 4 is 15.9 Å². The molecule has 0 spiro atoms. The minimum Gasteiger partial charge on any atom is -0.454 e. The fourth-order valence-corrected chi connectivity index (χ4v) is 4.99. The second kappa shape index (κ2) is 9.48. The van der Waals surface area contributed by atoms with Gasteiger partial charge in [-0.25, -0.2) is 12.7 Å². The van der Waals surface area contributed by atoms with Crippen molar-refractivity contribution in [3.05, 3.63) is 53.6 Å². The van der Waals surface area contributed by atoms with Crippen LogP contribution in [0.15, 0.2) is 47.4 Å². The van der Waals surface area contributed by atoms with Crippen LogP contribution in [0.25, 0.3) is 0 Å². The SMILES string of the molecule is CN(C)S(=O)(=O)c1ccc(C(=O)NCC(c2ccc3c(c2)OCO3)N2CCCCC2)cc1. The van der Waals surface area contributed by atoms with Gasteiger partial charge in [0.15, 0.2) is 11.5 Å². The molecular formula is C23H29N3O5S. The maximum atomic E-state index is 12.8. The summed E-state index contributed by atoms with van der Waals surface area (Å²) >= 11 is 0. The van der Waals surface area contributed by atoms with Crippen molar-refractivity contribution < 1.29 is 22.7 Å². The molecule has 2 aromatic rings. The Morgan fingerprint density at radius 2 is 1.72 bits per heavy atom. The zero-order valence-corrected chi connectivity index (χ0v) is 19.2. The van der Waals surface area contributed by atoms with E-state index in [-0.39, 0.29) is 23.6 Å². The summed E-state index contributed by atoms with van der Waals surface area (Å²) in [5, 5.41) is 3.03. The average molecular weight is 460 g/mol. The van der Waals surface area contributed by atoms with Gasteiger partial charge in [0.2, 0.25) is 16.8 Å². The van der Waals surface area contributed by atoms with Gasteiger partial charge in [-0.05, 0) is 67.9 Å². The van der Waals surface area contributed by atoms with Gasteiger partial charge >= 0.3 is 0 Å². The highest BCUT2D eigenvalue weighted by Gasteiger charge is 2.25. The van der Waals surface area contributed by atoms with Gasteiger partial charge in [0.05, 0.1) is 10.9 Å². The predicted octanol–water partition coefficient (Wildman–Crippen LogP) is 2.62. The highest BCUT2D eigenvalue weighted by molar-refractivity contribution is 7.89. The molecule has 0 aromatic heterocycles. The molecular weight excluding hydrogens is 430 g/mol. The molecule has 2 aromatic carbocycles. The number of carbonyl (C=O) groups excluding carboxylic acids is 1. The third kappa shape index (κ3) is 4.74. The third-order valence-electron chi connectivity index (χ3n) is 5.96. The zero-order chi connectivity index (χ0) is 22.7. The minimum absolute atomic E-state index is 0.0159. The van der Waals surface area contributed by atoms with Crippen LogP contribution in [0, 0.1) is 0 Å². The summed E-state index contributed by atoms with van der Waals surface area (Å²) in [6.07, 6.45) is 3.49. The number of likely N-dealkylation sites (tertiary alicyclic amines) is 1. The van der Waals surface area contributed by atoms with Gasteiger partial charge in [0.25, 0.3) is 5.91 Å². The number of hydrogen-bond donors (Lipinski definition) is 1. The molecule has 32 heavy (non-hydrogen) atoms. The Hall–Kier alpha value is -2.62. The molecule has 0 aliphatic carbocycles. The molecule has 0 saturated carbocycles. The molecule has 4 rings (SSSR count). The second-order valence-corrected chi connectivity index (χ2v) is 10.4. The highest BCUT2D eigenvalue weighted by atomic mass is 32.2. The Labute approximate surface area is 189 Å². The number of piperidine rings is 1. The van der Waals surface area contributed by atoms with Crippen LogP contribution in [-0.4, -0.2) is 64.1 Å². The molecule has 2 heterocycles. The lowest BCUT2D eigenvalue weighted by Gasteiger charge is -2.35. The number of carbonyl (C=O) groups is 1. The molecule has 1 atom stereocenters. The quantitative estimate of drug-likeness (QED) is 0.685. The molecule has 1 unspecified atom stereocenters. The summed E-state index contributed by atoms with van der Waals surface area (Å²) in [7, 11) is -0.570. The average Bonchev–Trinajstić information content (AvgIpc) is 3.28. The third-order valence-corrected chi connectivity index (χ3v) is 7.79. The minimum atomic E-state index is -3.53. The zero-order valence-electron chi connectivity index (χ0n) is 18.4. The van der Waals surface area contributed by atoms with Gasteiger partial charge in [-0.1, -0.05) is 12.5 Å². The summed E-state index contributed by atoms with van der Waals surface area (Å²) in [6, 6.07) is 12.0. The first-order valence-corrected chi connectivity index (χ1v) is 12.2. The summed E-state index contributed by atoms with van der Waals surface area (Å²) in [5.74, 6) is 1.23. The lowest BCUT2D eigenvalue weighted by Crippen LogP contribution is -2.40. The first kappa shape index (κ1) is 22.6. The number of amides is 1. The van der Waals surface area contributed by atoms with E-state index in [9.17, 15) is 13.2 Å². The molecule has 1 amide bonds. The molecule has 2 aliphatic rings. The fraction of sp³-hybridized carbons (Fsp3) is 0.435. The highest BCUT2D eigenvalue weighted by Crippen LogP contribution is 2.36. The smallest absolute Gasteiger partial charge is 0.251 e. The van der Waals surface area contributed by atoms with Gasteiger partial charge in [0, 0.05) is 26.2 Å². The number of sulfonamides is 1. The van der Waals surface area contributed by atoms with E-state index in [0.29, 0.717) is 12.1 Å². The predicted molar refractivity (Wildman–Crippen MR) is 120 cm³/mol. The molecule has 2 aliphatic heterocycles. The Kier molecular flexibility index (Phi) is 6.68. The summed E-state index contributed by atoms with van der Waals surface area (Å²) < 4.78 is 36.6. The van der Waals surface area contributed by atoms with E-state index < -0.39 is 10.0 Å². The van der Waals surface area contributed by atoms with Crippen molar-refractivity contribution in [1.29, 1.82) is 0 Å². The van der Waals surface area contributed by atoms with E-state index in [1.165, 1.54) is 32.6 Å². The summed E-state index contributed by atoms with van der Waals surface area (Å²) in [6.45, 7) is 2.62. The molecule has 172 valence electrons. The van der Waals surface area contributed by atoms with Crippen LogP contribution >= 0.6 is 0 Å². The van der Waals surface area contributed by atoms with Crippen molar-refractivity contribution in [2.75, 3.05) is 40.5 Å². The van der Waals surface area contributed by atoms with Gasteiger partial charge < -0.3 is 14.8 Å². The first-order chi connectivity index (χ1) is 15.4. The van der Waals surface area contributed by atoms with Crippen molar-refractivity contribution in [2.45, 2.75) is 30.2 Å². The summed E-state index contributed by atoms with van der Waals surface area (Å²) in [5.41, 5.74) is 1.50. The van der Waals surface area contributed by atoms with Crippen LogP contribution in [0.5, 0.6) is 11.5 Å². The molecule has 9 heteroatoms. The van der Waals surface area contributed by atoms with E-state index >= 15 is 0 Å². The number of rotatable bonds is 7. The molecule has 8 nitrogen and oxygen atoms in total. The first-order valence-electron chi connectivity index (χ1n) is 10.8. The number of nitrogens with one attached hydrogen (secondary N) is 1. The monoisotopic (exact) mass is 459 g/mol. The van der Waals surface area contributed by atoms with Gasteiger partial charge in [-0.3, -0.25) is 9.69 Å². The normalized spacial score (nSPS) is 17.3. The Bertz CT molecular complexity index is 1060. The van der Waals surface area contributed by atoms with E-state index in [0.717, 1.165) is 47.3 Å². The molecule has 0 radical (unpaired) electrons. The maximum Gasteiger partial charge on any atom is 0.251 e. The van der Waals surface area contributed by atoms with Crippen molar-refractivity contribution in [3.8, 4) is 11.5 Å². The van der Waals surface area contributed by atoms with Crippen LogP contribution in [0.2, 0.25) is 0 Å². The topological polar surface area (TPSA) is 88.2 Å². The standard InChI is InChI=1S/C23H29N3O5S/c1-25(2)32(28,29)19-9-6-17(7-10-19)23(27)24-15-20(26-12-4-3-5-13-26)18-8-11-21-22(14-18)31-16-30-21/h6-11,14,20H,3-5,12-13,15-16H2,1-2H3,(H,24,27). The number of nitrogens with zero attached hydrogens (tertiary/aromatic N) is 2. The van der Waals surface area contributed by atoms with E-state index in [2.05, 4.69) is 10.2 Å². The van der Waals surface area contributed by atoms with Crippen molar-refractivity contribution in [2.24, 2.45) is 0 Å². The van der Waals surface area contributed by atoms with Crippen molar-refractivity contribution in [1.82, 2.24) is 14.5 Å². The van der Waals surface area contributed by atoms with Gasteiger partial charge in [-0.15, -0.1) is 0 Å². The maximum absolute atomic E-state index is 12.8. The van der Waals surface area contributed by atoms with Gasteiger partial charge in [-0.2, -0.15) is 0 Å². The van der Waals surface area contributed by atoms with Crippen LogP contribution in [0.1, 0.15) is 41.2 Å². The number of ether oxygens (including phenoxy) is 2. The lowest BCUT2D eigenvalue weighted by atomic mass is 10.0. The molecule has 0 bridgehead atoms. The number of benzene rings is 2.